The molecule has 2 aromatic carbocycles. The number of carbonyl (C=O) groups excluding carboxylic acids is 2. The normalized spacial score (nSPS) is 12.0. The number of nitrogens with zero attached hydrogens (tertiary/aromatic N) is 2. The van der Waals surface area contributed by atoms with Crippen LogP contribution >= 0.6 is 11.3 Å². The van der Waals surface area contributed by atoms with Gasteiger partial charge in [0.2, 0.25) is 5.91 Å². The number of aliphatic hydroxyl groups is 1. The fourth-order valence-corrected chi connectivity index (χ4v) is 4.09. The molecule has 3 rings (SSSR count). The maximum absolute atomic E-state index is 12.8. The average Bonchev–Trinajstić information content (AvgIpc) is 3.25. The molecule has 0 saturated heterocycles. The standard InChI is InChI=1S/C28H35N3O5S/c1-20-29-23(19-37-20)16-26(33)30-22-12-10-21(11-13-22)14-15-31(27(34)36-28(2,3)4)17-24(32)18-35-25-8-6-5-7-9-25/h5-13,19,24,32H,14-18H2,1-4H3,(H,30,33). The maximum atomic E-state index is 12.8. The Bertz CT molecular complexity index is 1140. The Morgan fingerprint density at radius 3 is 2.43 bits per heavy atom. The number of hydrogen-bond donors (Lipinski definition) is 2. The van der Waals surface area contributed by atoms with Gasteiger partial charge in [0.05, 0.1) is 23.7 Å². The lowest BCUT2D eigenvalue weighted by Gasteiger charge is -2.29. The van der Waals surface area contributed by atoms with Crippen LogP contribution in [0.5, 0.6) is 5.75 Å². The van der Waals surface area contributed by atoms with Gasteiger partial charge in [-0.15, -0.1) is 11.3 Å². The fourth-order valence-electron chi connectivity index (χ4n) is 3.48. The SMILES string of the molecule is Cc1nc(CC(=O)Nc2ccc(CCN(CC(O)COc3ccccc3)C(=O)OC(C)(C)C)cc2)cs1. The number of aromatic nitrogens is 1. The van der Waals surface area contributed by atoms with E-state index in [0.717, 1.165) is 16.3 Å². The first-order valence-electron chi connectivity index (χ1n) is 12.2. The van der Waals surface area contributed by atoms with Gasteiger partial charge >= 0.3 is 6.09 Å². The molecule has 8 nitrogen and oxygen atoms in total. The van der Waals surface area contributed by atoms with E-state index in [1.807, 2.05) is 66.9 Å². The number of aliphatic hydroxyl groups excluding tert-OH is 1. The van der Waals surface area contributed by atoms with Crippen molar-refractivity contribution in [2.24, 2.45) is 0 Å². The maximum Gasteiger partial charge on any atom is 0.410 e. The summed E-state index contributed by atoms with van der Waals surface area (Å²) in [5.41, 5.74) is 1.78. The van der Waals surface area contributed by atoms with E-state index in [4.69, 9.17) is 9.47 Å². The van der Waals surface area contributed by atoms with Crippen LogP contribution in [0.2, 0.25) is 0 Å². The molecule has 0 bridgehead atoms. The minimum absolute atomic E-state index is 0.0537. The highest BCUT2D eigenvalue weighted by molar-refractivity contribution is 7.09. The number of benzene rings is 2. The summed E-state index contributed by atoms with van der Waals surface area (Å²) in [7, 11) is 0. The molecule has 1 unspecified atom stereocenters. The molecule has 198 valence electrons. The molecule has 3 aromatic rings. The van der Waals surface area contributed by atoms with Gasteiger partial charge in [-0.3, -0.25) is 4.79 Å². The Morgan fingerprint density at radius 2 is 1.81 bits per heavy atom. The summed E-state index contributed by atoms with van der Waals surface area (Å²) < 4.78 is 11.2. The molecule has 37 heavy (non-hydrogen) atoms. The second-order valence-electron chi connectivity index (χ2n) is 9.73. The summed E-state index contributed by atoms with van der Waals surface area (Å²) in [5.74, 6) is 0.528. The molecule has 2 N–H and O–H groups in total. The number of hydrogen-bond acceptors (Lipinski definition) is 7. The molecule has 0 saturated carbocycles. The van der Waals surface area contributed by atoms with Gasteiger partial charge in [-0.1, -0.05) is 30.3 Å². The minimum Gasteiger partial charge on any atom is -0.491 e. The molecule has 0 aliphatic rings. The zero-order chi connectivity index (χ0) is 26.8. The van der Waals surface area contributed by atoms with Crippen molar-refractivity contribution in [2.45, 2.75) is 52.2 Å². The van der Waals surface area contributed by atoms with Crippen molar-refractivity contribution in [3.05, 3.63) is 76.2 Å². The third kappa shape index (κ3) is 10.2. The second kappa shape index (κ2) is 13.2. The van der Waals surface area contributed by atoms with Crippen LogP contribution in [0, 0.1) is 6.92 Å². The van der Waals surface area contributed by atoms with Crippen molar-refractivity contribution in [2.75, 3.05) is 25.0 Å². The predicted octanol–water partition coefficient (Wildman–Crippen LogP) is 4.85. The van der Waals surface area contributed by atoms with E-state index in [2.05, 4.69) is 10.3 Å². The quantitative estimate of drug-likeness (QED) is 0.371. The smallest absolute Gasteiger partial charge is 0.410 e. The van der Waals surface area contributed by atoms with Crippen LogP contribution in [-0.2, 0) is 22.4 Å². The number of carbonyl (C=O) groups is 2. The van der Waals surface area contributed by atoms with Gasteiger partial charge in [0.1, 0.15) is 24.1 Å². The average molecular weight is 526 g/mol. The number of nitrogens with one attached hydrogen (secondary N) is 1. The second-order valence-corrected chi connectivity index (χ2v) is 10.8. The number of thiazole rings is 1. The molecular formula is C28H35N3O5S. The number of rotatable bonds is 11. The lowest BCUT2D eigenvalue weighted by molar-refractivity contribution is -0.115. The van der Waals surface area contributed by atoms with Crippen LogP contribution in [0.1, 0.15) is 37.0 Å². The monoisotopic (exact) mass is 525 g/mol. The summed E-state index contributed by atoms with van der Waals surface area (Å²) in [6.07, 6.45) is -0.593. The van der Waals surface area contributed by atoms with Crippen molar-refractivity contribution in [1.29, 1.82) is 0 Å². The van der Waals surface area contributed by atoms with Crippen LogP contribution in [0.3, 0.4) is 0 Å². The highest BCUT2D eigenvalue weighted by atomic mass is 32.1. The molecule has 0 fully saturated rings. The Balaban J connectivity index is 1.54. The molecule has 1 heterocycles. The zero-order valence-corrected chi connectivity index (χ0v) is 22.6. The first-order chi connectivity index (χ1) is 17.6. The van der Waals surface area contributed by atoms with Gasteiger partial charge in [-0.2, -0.15) is 0 Å². The van der Waals surface area contributed by atoms with E-state index < -0.39 is 17.8 Å². The van der Waals surface area contributed by atoms with Crippen LogP contribution in [-0.4, -0.2) is 58.4 Å². The summed E-state index contributed by atoms with van der Waals surface area (Å²) >= 11 is 1.52. The van der Waals surface area contributed by atoms with Crippen LogP contribution < -0.4 is 10.1 Å². The largest absolute Gasteiger partial charge is 0.491 e. The highest BCUT2D eigenvalue weighted by Gasteiger charge is 2.24. The Morgan fingerprint density at radius 1 is 1.11 bits per heavy atom. The van der Waals surface area contributed by atoms with E-state index in [1.165, 1.54) is 16.2 Å². The molecular weight excluding hydrogens is 490 g/mol. The minimum atomic E-state index is -0.883. The molecule has 0 aliphatic carbocycles. The fraction of sp³-hybridized carbons (Fsp3) is 0.393. The molecule has 1 atom stereocenters. The van der Waals surface area contributed by atoms with Crippen LogP contribution in [0.25, 0.3) is 0 Å². The van der Waals surface area contributed by atoms with E-state index in [0.29, 0.717) is 24.4 Å². The van der Waals surface area contributed by atoms with Gasteiger partial charge in [-0.25, -0.2) is 9.78 Å². The Hall–Kier alpha value is -3.43. The molecule has 2 amide bonds. The molecule has 0 radical (unpaired) electrons. The number of amides is 2. The number of anilines is 1. The van der Waals surface area contributed by atoms with Crippen LogP contribution in [0.4, 0.5) is 10.5 Å². The van der Waals surface area contributed by atoms with Crippen molar-refractivity contribution in [1.82, 2.24) is 9.88 Å². The molecule has 0 aliphatic heterocycles. The lowest BCUT2D eigenvalue weighted by Crippen LogP contribution is -2.43. The van der Waals surface area contributed by atoms with Gasteiger partial charge < -0.3 is 24.8 Å². The number of ether oxygens (including phenoxy) is 2. The third-order valence-corrected chi connectivity index (χ3v) is 6.01. The molecule has 1 aromatic heterocycles. The van der Waals surface area contributed by atoms with Crippen molar-refractivity contribution >= 4 is 29.0 Å². The van der Waals surface area contributed by atoms with E-state index >= 15 is 0 Å². The summed E-state index contributed by atoms with van der Waals surface area (Å²) in [6, 6.07) is 16.7. The number of aryl methyl sites for hydroxylation is 1. The van der Waals surface area contributed by atoms with Gasteiger partial charge in [0.25, 0.3) is 0 Å². The number of para-hydroxylation sites is 1. The van der Waals surface area contributed by atoms with E-state index in [1.54, 1.807) is 20.8 Å². The van der Waals surface area contributed by atoms with Crippen molar-refractivity contribution < 1.29 is 24.2 Å². The Kier molecular flexibility index (Phi) is 10.0. The topological polar surface area (TPSA) is 101 Å². The zero-order valence-electron chi connectivity index (χ0n) is 21.8. The first-order valence-corrected chi connectivity index (χ1v) is 13.1. The lowest BCUT2D eigenvalue weighted by atomic mass is 10.1. The summed E-state index contributed by atoms with van der Waals surface area (Å²) in [6.45, 7) is 7.81. The van der Waals surface area contributed by atoms with Gasteiger partial charge in [0, 0.05) is 17.6 Å². The van der Waals surface area contributed by atoms with Crippen molar-refractivity contribution in [3.63, 3.8) is 0 Å². The van der Waals surface area contributed by atoms with E-state index in [-0.39, 0.29) is 25.5 Å². The van der Waals surface area contributed by atoms with E-state index in [9.17, 15) is 14.7 Å². The first kappa shape index (κ1) is 28.1. The molecule has 0 spiro atoms. The predicted molar refractivity (Wildman–Crippen MR) is 145 cm³/mol. The summed E-state index contributed by atoms with van der Waals surface area (Å²) in [4.78, 5) is 30.9. The summed E-state index contributed by atoms with van der Waals surface area (Å²) in [5, 5.41) is 16.2. The Labute approximate surface area is 222 Å². The van der Waals surface area contributed by atoms with Crippen LogP contribution in [0.15, 0.2) is 60.0 Å². The molecule has 9 heteroatoms. The highest BCUT2D eigenvalue weighted by Crippen LogP contribution is 2.15. The van der Waals surface area contributed by atoms with Crippen molar-refractivity contribution in [3.8, 4) is 5.75 Å². The van der Waals surface area contributed by atoms with Gasteiger partial charge in [-0.05, 0) is 63.9 Å². The third-order valence-electron chi connectivity index (χ3n) is 5.18. The van der Waals surface area contributed by atoms with Gasteiger partial charge in [0.15, 0.2) is 0 Å².